The van der Waals surface area contributed by atoms with Gasteiger partial charge in [0.2, 0.25) is 0 Å². The van der Waals surface area contributed by atoms with Gasteiger partial charge >= 0.3 is 0 Å². The number of anilines is 1. The van der Waals surface area contributed by atoms with Crippen LogP contribution in [0.1, 0.15) is 20.7 Å². The third-order valence-corrected chi connectivity index (χ3v) is 5.14. The number of hydrogen-bond acceptors (Lipinski definition) is 4. The Hall–Kier alpha value is -3.68. The Bertz CT molecular complexity index is 1120. The number of carbonyl (C=O) groups is 3. The van der Waals surface area contributed by atoms with Crippen LogP contribution >= 0.6 is 0 Å². The highest BCUT2D eigenvalue weighted by atomic mass is 19.1. The van der Waals surface area contributed by atoms with Crippen LogP contribution in [0.3, 0.4) is 0 Å². The average molecular weight is 394 g/mol. The van der Waals surface area contributed by atoms with Crippen LogP contribution in [0.25, 0.3) is 10.9 Å². The van der Waals surface area contributed by atoms with Crippen molar-refractivity contribution in [2.45, 2.75) is 0 Å². The van der Waals surface area contributed by atoms with Crippen molar-refractivity contribution < 1.29 is 18.8 Å². The normalized spacial score (nSPS) is 14.2. The topological polar surface area (TPSA) is 99.5 Å². The number of fused-ring (bicyclic) bond motifs is 1. The van der Waals surface area contributed by atoms with Crippen molar-refractivity contribution in [2.24, 2.45) is 0 Å². The summed E-state index contributed by atoms with van der Waals surface area (Å²) in [5, 5.41) is 0.110. The zero-order chi connectivity index (χ0) is 20.5. The minimum absolute atomic E-state index is 0.0127. The molecule has 4 rings (SSSR count). The molecular weight excluding hydrogens is 375 g/mol. The maximum absolute atomic E-state index is 14.1. The van der Waals surface area contributed by atoms with Gasteiger partial charge in [-0.3, -0.25) is 14.4 Å². The third kappa shape index (κ3) is 3.33. The van der Waals surface area contributed by atoms with Gasteiger partial charge in [0, 0.05) is 49.0 Å². The first kappa shape index (κ1) is 18.7. The van der Waals surface area contributed by atoms with E-state index < -0.39 is 17.5 Å². The summed E-state index contributed by atoms with van der Waals surface area (Å²) in [5.41, 5.74) is 7.14. The molecule has 7 nitrogen and oxygen atoms in total. The van der Waals surface area contributed by atoms with Gasteiger partial charge in [-0.25, -0.2) is 4.39 Å². The Morgan fingerprint density at radius 2 is 1.59 bits per heavy atom. The first-order valence-electron chi connectivity index (χ1n) is 9.20. The van der Waals surface area contributed by atoms with Crippen molar-refractivity contribution in [3.63, 3.8) is 0 Å². The number of nitrogens with zero attached hydrogens (tertiary/aromatic N) is 2. The number of Topliss-reactive ketones (excluding diaryl/α,β-unsaturated/α-hetero) is 1. The van der Waals surface area contributed by atoms with E-state index in [1.54, 1.807) is 35.2 Å². The molecule has 1 aliphatic rings. The molecule has 1 aromatic heterocycles. The molecule has 0 radical (unpaired) electrons. The number of nitrogens with two attached hydrogens (primary N) is 1. The van der Waals surface area contributed by atoms with Crippen molar-refractivity contribution in [2.75, 3.05) is 31.9 Å². The molecule has 2 heterocycles. The number of piperazine rings is 1. The fraction of sp³-hybridized carbons (Fsp3) is 0.190. The number of aromatic amines is 1. The quantitative estimate of drug-likeness (QED) is 0.403. The maximum Gasteiger partial charge on any atom is 0.295 e. The number of halogens is 1. The van der Waals surface area contributed by atoms with Gasteiger partial charge in [0.25, 0.3) is 17.6 Å². The molecular formula is C21H19FN4O3. The Balaban J connectivity index is 1.46. The molecule has 0 saturated carbocycles. The lowest BCUT2D eigenvalue weighted by atomic mass is 10.1. The van der Waals surface area contributed by atoms with E-state index in [1.165, 1.54) is 23.2 Å². The highest BCUT2D eigenvalue weighted by Crippen LogP contribution is 2.23. The lowest BCUT2D eigenvalue weighted by Gasteiger charge is -2.34. The van der Waals surface area contributed by atoms with Crippen LogP contribution in [-0.4, -0.2) is 58.6 Å². The lowest BCUT2D eigenvalue weighted by Crippen LogP contribution is -2.52. The minimum Gasteiger partial charge on any atom is -0.398 e. The van der Waals surface area contributed by atoms with Gasteiger partial charge in [0.05, 0.1) is 11.1 Å². The number of H-pyrrole nitrogens is 1. The molecule has 1 saturated heterocycles. The van der Waals surface area contributed by atoms with Crippen molar-refractivity contribution >= 4 is 34.2 Å². The summed E-state index contributed by atoms with van der Waals surface area (Å²) in [6.45, 7) is 1.00. The van der Waals surface area contributed by atoms with Crippen LogP contribution in [0.15, 0.2) is 48.7 Å². The highest BCUT2D eigenvalue weighted by molar-refractivity contribution is 6.44. The van der Waals surface area contributed by atoms with Crippen molar-refractivity contribution in [3.05, 3.63) is 65.6 Å². The van der Waals surface area contributed by atoms with Gasteiger partial charge in [-0.1, -0.05) is 18.2 Å². The number of hydrogen-bond donors (Lipinski definition) is 2. The van der Waals surface area contributed by atoms with Gasteiger partial charge in [-0.2, -0.15) is 0 Å². The summed E-state index contributed by atoms with van der Waals surface area (Å²) in [4.78, 5) is 43.8. The number of rotatable bonds is 3. The largest absolute Gasteiger partial charge is 0.398 e. The molecule has 0 aliphatic carbocycles. The first-order valence-corrected chi connectivity index (χ1v) is 9.20. The number of carbonyl (C=O) groups excluding carboxylic acids is 3. The van der Waals surface area contributed by atoms with E-state index in [1.807, 2.05) is 0 Å². The molecule has 3 N–H and O–H groups in total. The van der Waals surface area contributed by atoms with Gasteiger partial charge < -0.3 is 20.5 Å². The predicted molar refractivity (Wildman–Crippen MR) is 106 cm³/mol. The number of para-hydroxylation sites is 1. The van der Waals surface area contributed by atoms with Crippen molar-refractivity contribution in [3.8, 4) is 0 Å². The van der Waals surface area contributed by atoms with Gasteiger partial charge in [-0.15, -0.1) is 0 Å². The van der Waals surface area contributed by atoms with E-state index in [0.29, 0.717) is 16.8 Å². The molecule has 0 unspecified atom stereocenters. The van der Waals surface area contributed by atoms with E-state index in [4.69, 9.17) is 5.73 Å². The molecule has 29 heavy (non-hydrogen) atoms. The van der Waals surface area contributed by atoms with Crippen LogP contribution in [0.4, 0.5) is 10.1 Å². The summed E-state index contributed by atoms with van der Waals surface area (Å²) in [5.74, 6) is -2.25. The van der Waals surface area contributed by atoms with E-state index in [2.05, 4.69) is 4.98 Å². The molecule has 3 aromatic rings. The Labute approximate surface area is 165 Å². The second-order valence-electron chi connectivity index (χ2n) is 6.87. The SMILES string of the molecule is Nc1ccccc1C(=O)N1CCN(C(=O)C(=O)c2c[nH]c3cccc(F)c23)CC1. The first-order chi connectivity index (χ1) is 14.0. The number of benzene rings is 2. The molecule has 2 aromatic carbocycles. The number of nitrogens with one attached hydrogen (secondary N) is 1. The molecule has 0 bridgehead atoms. The standard InChI is InChI=1S/C21H19FN4O3/c22-15-5-3-7-17-18(15)14(12-24-17)19(27)21(29)26-10-8-25(9-11-26)20(28)13-4-1-2-6-16(13)23/h1-7,12,24H,8-11,23H2. The fourth-order valence-electron chi connectivity index (χ4n) is 3.55. The molecule has 1 fully saturated rings. The Morgan fingerprint density at radius 1 is 0.897 bits per heavy atom. The molecule has 148 valence electrons. The second kappa shape index (κ2) is 7.38. The van der Waals surface area contributed by atoms with E-state index in [0.717, 1.165) is 0 Å². The summed E-state index contributed by atoms with van der Waals surface area (Å²) < 4.78 is 14.1. The Morgan fingerprint density at radius 3 is 2.31 bits per heavy atom. The zero-order valence-electron chi connectivity index (χ0n) is 15.5. The van der Waals surface area contributed by atoms with Crippen LogP contribution in [0, 0.1) is 5.82 Å². The zero-order valence-corrected chi connectivity index (χ0v) is 15.5. The van der Waals surface area contributed by atoms with Crippen LogP contribution in [-0.2, 0) is 4.79 Å². The van der Waals surface area contributed by atoms with Crippen LogP contribution < -0.4 is 5.73 Å². The second-order valence-corrected chi connectivity index (χ2v) is 6.87. The van der Waals surface area contributed by atoms with Crippen molar-refractivity contribution in [1.82, 2.24) is 14.8 Å². The molecule has 0 atom stereocenters. The van der Waals surface area contributed by atoms with Gasteiger partial charge in [-0.05, 0) is 24.3 Å². The monoisotopic (exact) mass is 394 g/mol. The number of aromatic nitrogens is 1. The summed E-state index contributed by atoms with van der Waals surface area (Å²) in [6.07, 6.45) is 1.35. The van der Waals surface area contributed by atoms with Crippen LogP contribution in [0.5, 0.6) is 0 Å². The number of ketones is 1. The van der Waals surface area contributed by atoms with Crippen molar-refractivity contribution in [1.29, 1.82) is 0 Å². The number of amides is 2. The highest BCUT2D eigenvalue weighted by Gasteiger charge is 2.30. The smallest absolute Gasteiger partial charge is 0.295 e. The summed E-state index contributed by atoms with van der Waals surface area (Å²) in [7, 11) is 0. The summed E-state index contributed by atoms with van der Waals surface area (Å²) in [6, 6.07) is 11.2. The lowest BCUT2D eigenvalue weighted by molar-refractivity contribution is -0.127. The van der Waals surface area contributed by atoms with E-state index in [-0.39, 0.29) is 43.0 Å². The molecule has 1 aliphatic heterocycles. The number of nitrogen functional groups attached to an aromatic ring is 1. The van der Waals surface area contributed by atoms with Gasteiger partial charge in [0.1, 0.15) is 5.82 Å². The van der Waals surface area contributed by atoms with Crippen LogP contribution in [0.2, 0.25) is 0 Å². The fourth-order valence-corrected chi connectivity index (χ4v) is 3.55. The van der Waals surface area contributed by atoms with Gasteiger partial charge in [0.15, 0.2) is 0 Å². The summed E-state index contributed by atoms with van der Waals surface area (Å²) >= 11 is 0. The third-order valence-electron chi connectivity index (χ3n) is 5.14. The maximum atomic E-state index is 14.1. The van der Waals surface area contributed by atoms with E-state index in [9.17, 15) is 18.8 Å². The Kier molecular flexibility index (Phi) is 4.75. The minimum atomic E-state index is -0.770. The molecule has 8 heteroatoms. The molecule has 0 spiro atoms. The van der Waals surface area contributed by atoms with E-state index >= 15 is 0 Å². The average Bonchev–Trinajstić information content (AvgIpc) is 3.18. The predicted octanol–water partition coefficient (Wildman–Crippen LogP) is 2.06. The molecule has 2 amide bonds.